The second-order valence-corrected chi connectivity index (χ2v) is 9.02. The van der Waals surface area contributed by atoms with E-state index in [-0.39, 0.29) is 12.7 Å². The quantitative estimate of drug-likeness (QED) is 0.138. The van der Waals surface area contributed by atoms with Gasteiger partial charge >= 0.3 is 14.6 Å². The standard InChI is InChI=1S/C22H46NO6P/c1-3-4-5-6-7-8-9-10-11-12-13-14-16-20(2)27-17-15-18-28-30(26)29-19-21(23)22(24)25/h20-21,26H,3-19,23H2,1-2H3,(H,24,25)/t20?,21-,30?/m0/s1. The summed E-state index contributed by atoms with van der Waals surface area (Å²) >= 11 is 0. The van der Waals surface area contributed by atoms with E-state index < -0.39 is 20.6 Å². The molecule has 8 heteroatoms. The Balaban J connectivity index is 3.32. The molecular formula is C22H46NO6P. The van der Waals surface area contributed by atoms with Crippen molar-refractivity contribution in [2.24, 2.45) is 5.73 Å². The monoisotopic (exact) mass is 451 g/mol. The molecule has 0 heterocycles. The fourth-order valence-corrected chi connectivity index (χ4v) is 3.74. The van der Waals surface area contributed by atoms with Crippen LogP contribution in [0.4, 0.5) is 0 Å². The topological polar surface area (TPSA) is 111 Å². The van der Waals surface area contributed by atoms with Crippen LogP contribution in [0.15, 0.2) is 0 Å². The lowest BCUT2D eigenvalue weighted by atomic mass is 10.0. The smallest absolute Gasteiger partial charge is 0.329 e. The van der Waals surface area contributed by atoms with Gasteiger partial charge in [0.1, 0.15) is 6.04 Å². The third-order valence-electron chi connectivity index (χ3n) is 5.04. The maximum atomic E-state index is 10.5. The molecule has 0 fully saturated rings. The largest absolute Gasteiger partial charge is 0.480 e. The van der Waals surface area contributed by atoms with Crippen LogP contribution in [0, 0.1) is 0 Å². The van der Waals surface area contributed by atoms with Crippen molar-refractivity contribution in [3.8, 4) is 0 Å². The summed E-state index contributed by atoms with van der Waals surface area (Å²) < 4.78 is 15.7. The Labute approximate surface area is 185 Å². The van der Waals surface area contributed by atoms with Crippen molar-refractivity contribution in [2.45, 2.75) is 116 Å². The number of nitrogens with two attached hydrogens (primary N) is 1. The number of ether oxygens (including phenoxy) is 1. The first-order valence-corrected chi connectivity index (χ1v) is 12.9. The van der Waals surface area contributed by atoms with E-state index in [0.717, 1.165) is 6.42 Å². The Kier molecular flexibility index (Phi) is 21.7. The van der Waals surface area contributed by atoms with E-state index in [4.69, 9.17) is 24.6 Å². The molecule has 0 rings (SSSR count). The summed E-state index contributed by atoms with van der Waals surface area (Å²) in [5.41, 5.74) is 5.28. The number of carboxylic acids is 1. The average molecular weight is 452 g/mol. The van der Waals surface area contributed by atoms with Gasteiger partial charge in [0.25, 0.3) is 0 Å². The first-order valence-electron chi connectivity index (χ1n) is 11.8. The van der Waals surface area contributed by atoms with Crippen LogP contribution in [0.3, 0.4) is 0 Å². The number of aliphatic carboxylic acids is 1. The van der Waals surface area contributed by atoms with Crippen LogP contribution in [0.1, 0.15) is 104 Å². The second-order valence-electron chi connectivity index (χ2n) is 8.02. The lowest BCUT2D eigenvalue weighted by Crippen LogP contribution is -2.34. The molecular weight excluding hydrogens is 405 g/mol. The molecule has 0 aliphatic rings. The fraction of sp³-hybridized carbons (Fsp3) is 0.955. The summed E-state index contributed by atoms with van der Waals surface area (Å²) in [5.74, 6) is -1.17. The van der Waals surface area contributed by atoms with Gasteiger partial charge in [-0.05, 0) is 19.8 Å². The summed E-state index contributed by atoms with van der Waals surface area (Å²) in [6.45, 7) is 4.95. The van der Waals surface area contributed by atoms with Crippen molar-refractivity contribution in [2.75, 3.05) is 19.8 Å². The Hall–Kier alpha value is -0.300. The maximum absolute atomic E-state index is 10.5. The number of carboxylic acid groups (broad SMARTS) is 1. The van der Waals surface area contributed by atoms with Crippen molar-refractivity contribution in [3.05, 3.63) is 0 Å². The highest BCUT2D eigenvalue weighted by Gasteiger charge is 2.15. The summed E-state index contributed by atoms with van der Waals surface area (Å²) in [4.78, 5) is 20.0. The lowest BCUT2D eigenvalue weighted by molar-refractivity contribution is -0.139. The van der Waals surface area contributed by atoms with Gasteiger partial charge in [-0.3, -0.25) is 4.79 Å². The predicted octanol–water partition coefficient (Wildman–Crippen LogP) is 5.54. The number of hydrogen-bond acceptors (Lipinski definition) is 6. The van der Waals surface area contributed by atoms with Gasteiger partial charge in [-0.2, -0.15) is 0 Å². The van der Waals surface area contributed by atoms with E-state index in [0.29, 0.717) is 19.6 Å². The molecule has 0 bridgehead atoms. The molecule has 0 aliphatic carbocycles. The first kappa shape index (κ1) is 29.7. The highest BCUT2D eigenvalue weighted by atomic mass is 31.2. The highest BCUT2D eigenvalue weighted by molar-refractivity contribution is 7.40. The molecule has 180 valence electrons. The van der Waals surface area contributed by atoms with Crippen LogP contribution < -0.4 is 5.73 Å². The summed E-state index contributed by atoms with van der Waals surface area (Å²) in [6, 6.07) is -1.16. The van der Waals surface area contributed by atoms with E-state index in [1.54, 1.807) is 0 Å². The molecule has 30 heavy (non-hydrogen) atoms. The van der Waals surface area contributed by atoms with Crippen molar-refractivity contribution in [3.63, 3.8) is 0 Å². The fourth-order valence-electron chi connectivity index (χ4n) is 3.09. The van der Waals surface area contributed by atoms with E-state index >= 15 is 0 Å². The van der Waals surface area contributed by atoms with Gasteiger partial charge in [-0.15, -0.1) is 0 Å². The summed E-state index contributed by atoms with van der Waals surface area (Å²) in [7, 11) is -2.09. The molecule has 0 amide bonds. The molecule has 2 unspecified atom stereocenters. The second kappa shape index (κ2) is 21.9. The van der Waals surface area contributed by atoms with E-state index in [1.165, 1.54) is 77.0 Å². The SMILES string of the molecule is CCCCCCCCCCCCCCC(C)OCCCOP(O)OC[C@H](N)C(=O)O. The van der Waals surface area contributed by atoms with Crippen molar-refractivity contribution in [1.82, 2.24) is 0 Å². The minimum atomic E-state index is -2.09. The maximum Gasteiger partial charge on any atom is 0.329 e. The zero-order valence-electron chi connectivity index (χ0n) is 19.2. The van der Waals surface area contributed by atoms with Gasteiger partial charge in [0.2, 0.25) is 0 Å². The molecule has 0 radical (unpaired) electrons. The minimum absolute atomic E-state index is 0.230. The van der Waals surface area contributed by atoms with Crippen molar-refractivity contribution in [1.29, 1.82) is 0 Å². The molecule has 0 spiro atoms. The van der Waals surface area contributed by atoms with E-state index in [9.17, 15) is 9.69 Å². The molecule has 7 nitrogen and oxygen atoms in total. The normalized spacial score (nSPS) is 14.5. The van der Waals surface area contributed by atoms with Crippen molar-refractivity contribution < 1.29 is 28.6 Å². The van der Waals surface area contributed by atoms with Crippen LogP contribution in [-0.2, 0) is 18.6 Å². The number of hydrogen-bond donors (Lipinski definition) is 3. The number of unbranched alkanes of at least 4 members (excludes halogenated alkanes) is 11. The van der Waals surface area contributed by atoms with Gasteiger partial charge in [0.05, 0.1) is 19.3 Å². The zero-order valence-corrected chi connectivity index (χ0v) is 20.1. The third-order valence-corrected chi connectivity index (χ3v) is 5.81. The molecule has 3 atom stereocenters. The highest BCUT2D eigenvalue weighted by Crippen LogP contribution is 2.32. The molecule has 0 aliphatic heterocycles. The Morgan fingerprint density at radius 2 is 1.40 bits per heavy atom. The molecule has 0 aromatic rings. The predicted molar refractivity (Wildman–Crippen MR) is 122 cm³/mol. The van der Waals surface area contributed by atoms with Gasteiger partial charge in [-0.25, -0.2) is 0 Å². The van der Waals surface area contributed by atoms with Gasteiger partial charge in [0, 0.05) is 6.61 Å². The van der Waals surface area contributed by atoms with E-state index in [2.05, 4.69) is 13.8 Å². The van der Waals surface area contributed by atoms with Crippen LogP contribution in [0.25, 0.3) is 0 Å². The molecule has 0 aromatic carbocycles. The Morgan fingerprint density at radius 1 is 0.867 bits per heavy atom. The van der Waals surface area contributed by atoms with Gasteiger partial charge in [0.15, 0.2) is 0 Å². The van der Waals surface area contributed by atoms with E-state index in [1.807, 2.05) is 0 Å². The van der Waals surface area contributed by atoms with Gasteiger partial charge < -0.3 is 29.5 Å². The number of rotatable bonds is 23. The summed E-state index contributed by atoms with van der Waals surface area (Å²) in [5, 5.41) is 8.62. The Morgan fingerprint density at radius 3 is 1.93 bits per heavy atom. The first-order chi connectivity index (χ1) is 14.5. The molecule has 0 saturated carbocycles. The lowest BCUT2D eigenvalue weighted by Gasteiger charge is -2.14. The van der Waals surface area contributed by atoms with Crippen LogP contribution >= 0.6 is 8.60 Å². The Bertz CT molecular complexity index is 389. The third kappa shape index (κ3) is 21.0. The van der Waals surface area contributed by atoms with Crippen LogP contribution in [0.2, 0.25) is 0 Å². The zero-order chi connectivity index (χ0) is 22.5. The van der Waals surface area contributed by atoms with Crippen LogP contribution in [-0.4, -0.2) is 47.9 Å². The molecule has 0 aromatic heterocycles. The minimum Gasteiger partial charge on any atom is -0.480 e. The molecule has 4 N–H and O–H groups in total. The summed E-state index contributed by atoms with van der Waals surface area (Å²) in [6.07, 6.45) is 18.2. The average Bonchev–Trinajstić information content (AvgIpc) is 2.72. The molecule has 0 saturated heterocycles. The van der Waals surface area contributed by atoms with Gasteiger partial charge in [-0.1, -0.05) is 84.0 Å². The van der Waals surface area contributed by atoms with Crippen molar-refractivity contribution >= 4 is 14.6 Å². The number of carbonyl (C=O) groups is 1. The van der Waals surface area contributed by atoms with Crippen LogP contribution in [0.5, 0.6) is 0 Å².